The zero-order chi connectivity index (χ0) is 25.2. The van der Waals surface area contributed by atoms with Crippen molar-refractivity contribution in [1.82, 2.24) is 0 Å². The van der Waals surface area contributed by atoms with E-state index in [1.165, 1.54) is 21.5 Å². The molecular weight excluding hydrogens is 454 g/mol. The third-order valence-corrected chi connectivity index (χ3v) is 6.82. The van der Waals surface area contributed by atoms with E-state index in [0.29, 0.717) is 5.69 Å². The van der Waals surface area contributed by atoms with Gasteiger partial charge in [-0.1, -0.05) is 60.7 Å². The molecule has 0 radical (unpaired) electrons. The van der Waals surface area contributed by atoms with Crippen LogP contribution in [-0.2, 0) is 0 Å². The topological polar surface area (TPSA) is 35.9 Å². The Labute approximate surface area is 216 Å². The fraction of sp³-hybridized carbons (Fsp3) is 0.0303. The summed E-state index contributed by atoms with van der Waals surface area (Å²) in [6, 6.07) is 45.9. The van der Waals surface area contributed by atoms with Gasteiger partial charge in [-0.05, 0) is 99.5 Å². The van der Waals surface area contributed by atoms with Gasteiger partial charge in [0.05, 0.1) is 0 Å². The van der Waals surface area contributed by atoms with Crippen molar-refractivity contribution in [2.24, 2.45) is 5.18 Å². The van der Waals surface area contributed by atoms with Crippen molar-refractivity contribution >= 4 is 55.7 Å². The van der Waals surface area contributed by atoms with E-state index in [1.54, 1.807) is 12.1 Å². The number of rotatable bonds is 6. The van der Waals surface area contributed by atoms with Crippen molar-refractivity contribution < 1.29 is 0 Å². The van der Waals surface area contributed by atoms with Crippen molar-refractivity contribution in [3.05, 3.63) is 138 Å². The van der Waals surface area contributed by atoms with Crippen LogP contribution in [-0.4, -0.2) is 7.05 Å². The lowest BCUT2D eigenvalue weighted by Crippen LogP contribution is -2.12. The van der Waals surface area contributed by atoms with Gasteiger partial charge in [-0.25, -0.2) is 0 Å². The highest BCUT2D eigenvalue weighted by Gasteiger charge is 2.14. The van der Waals surface area contributed by atoms with E-state index in [0.717, 1.165) is 28.4 Å². The Kier molecular flexibility index (Phi) is 5.83. The number of nitroso groups, excluding NO2 is 1. The van der Waals surface area contributed by atoms with Crippen LogP contribution in [0.5, 0.6) is 0 Å². The maximum Gasteiger partial charge on any atom is 0.108 e. The molecule has 0 atom stereocenters. The Hall–Kier alpha value is -4.96. The highest BCUT2D eigenvalue weighted by molar-refractivity contribution is 5.92. The first kappa shape index (κ1) is 22.5. The summed E-state index contributed by atoms with van der Waals surface area (Å²) in [5, 5.41) is 7.84. The molecule has 0 saturated carbocycles. The monoisotopic (exact) mass is 479 g/mol. The van der Waals surface area contributed by atoms with E-state index in [2.05, 4.69) is 124 Å². The van der Waals surface area contributed by atoms with Crippen molar-refractivity contribution in [1.29, 1.82) is 0 Å². The summed E-state index contributed by atoms with van der Waals surface area (Å²) in [5.41, 5.74) is 5.74. The predicted molar refractivity (Wildman–Crippen MR) is 156 cm³/mol. The van der Waals surface area contributed by atoms with Gasteiger partial charge in [0, 0.05) is 35.5 Å². The van der Waals surface area contributed by atoms with Crippen molar-refractivity contribution in [3.63, 3.8) is 0 Å². The summed E-state index contributed by atoms with van der Waals surface area (Å²) in [7, 11) is 2.02. The van der Waals surface area contributed by atoms with Crippen LogP contribution < -0.4 is 9.80 Å². The van der Waals surface area contributed by atoms with E-state index in [-0.39, 0.29) is 0 Å². The average Bonchev–Trinajstić information content (AvgIpc) is 2.97. The maximum absolute atomic E-state index is 10.8. The first-order valence-electron chi connectivity index (χ1n) is 12.2. The molecule has 0 spiro atoms. The first-order chi connectivity index (χ1) is 18.2. The molecule has 37 heavy (non-hydrogen) atoms. The predicted octanol–water partition coefficient (Wildman–Crippen LogP) is 9.63. The van der Waals surface area contributed by atoms with Gasteiger partial charge < -0.3 is 9.80 Å². The van der Waals surface area contributed by atoms with Crippen LogP contribution in [0, 0.1) is 4.91 Å². The Bertz CT molecular complexity index is 1630. The lowest BCUT2D eigenvalue weighted by Gasteiger charge is -2.27. The number of hydrogen-bond donors (Lipinski definition) is 0. The highest BCUT2D eigenvalue weighted by atomic mass is 16.3. The Morgan fingerprint density at radius 2 is 0.865 bits per heavy atom. The molecule has 0 aliphatic rings. The summed E-state index contributed by atoms with van der Waals surface area (Å²) >= 11 is 0. The van der Waals surface area contributed by atoms with E-state index in [4.69, 9.17) is 0 Å². The lowest BCUT2D eigenvalue weighted by atomic mass is 10.1. The molecule has 0 bridgehead atoms. The molecule has 0 aliphatic carbocycles. The Morgan fingerprint density at radius 1 is 0.459 bits per heavy atom. The zero-order valence-electron chi connectivity index (χ0n) is 20.5. The number of fused-ring (bicyclic) bond motifs is 2. The summed E-state index contributed by atoms with van der Waals surface area (Å²) in [6.45, 7) is 0. The molecule has 0 fully saturated rings. The maximum atomic E-state index is 10.8. The van der Waals surface area contributed by atoms with Gasteiger partial charge in [-0.15, -0.1) is 4.91 Å². The summed E-state index contributed by atoms with van der Waals surface area (Å²) in [4.78, 5) is 15.2. The number of hydrogen-bond acceptors (Lipinski definition) is 4. The van der Waals surface area contributed by atoms with E-state index in [9.17, 15) is 4.91 Å². The minimum atomic E-state index is 0.425. The quantitative estimate of drug-likeness (QED) is 0.223. The zero-order valence-corrected chi connectivity index (χ0v) is 20.5. The van der Waals surface area contributed by atoms with E-state index >= 15 is 0 Å². The molecule has 0 N–H and O–H groups in total. The number of benzene rings is 6. The largest absolute Gasteiger partial charge is 0.345 e. The molecule has 0 heterocycles. The van der Waals surface area contributed by atoms with Gasteiger partial charge in [0.2, 0.25) is 0 Å². The van der Waals surface area contributed by atoms with Crippen LogP contribution in [0.4, 0.5) is 34.1 Å². The second-order valence-corrected chi connectivity index (χ2v) is 9.08. The molecule has 6 aromatic carbocycles. The second-order valence-electron chi connectivity index (χ2n) is 9.08. The molecule has 0 aliphatic heterocycles. The summed E-state index contributed by atoms with van der Waals surface area (Å²) < 4.78 is 0. The van der Waals surface area contributed by atoms with Crippen LogP contribution in [0.15, 0.2) is 139 Å². The molecule has 0 amide bonds. The highest BCUT2D eigenvalue weighted by Crippen LogP contribution is 2.38. The number of anilines is 5. The minimum Gasteiger partial charge on any atom is -0.345 e. The lowest BCUT2D eigenvalue weighted by molar-refractivity contribution is 1.20. The second kappa shape index (κ2) is 9.59. The van der Waals surface area contributed by atoms with Gasteiger partial charge >= 0.3 is 0 Å². The van der Waals surface area contributed by atoms with Crippen LogP contribution in [0.2, 0.25) is 0 Å². The van der Waals surface area contributed by atoms with Crippen molar-refractivity contribution in [2.45, 2.75) is 0 Å². The standard InChI is InChI=1S/C33H25N3O/c1-35(29-16-12-28(34-37)13-17-29)30-18-20-31(21-19-30)36(32-14-10-24-6-2-4-8-26(24)22-32)33-15-11-25-7-3-5-9-27(25)23-33/h2-23H,1H3. The molecule has 4 heteroatoms. The molecule has 6 rings (SSSR count). The Morgan fingerprint density at radius 3 is 1.35 bits per heavy atom. The average molecular weight is 480 g/mol. The van der Waals surface area contributed by atoms with Crippen molar-refractivity contribution in [2.75, 3.05) is 16.8 Å². The first-order valence-corrected chi connectivity index (χ1v) is 12.2. The summed E-state index contributed by atoms with van der Waals surface area (Å²) in [5.74, 6) is 0. The van der Waals surface area contributed by atoms with Crippen LogP contribution in [0.1, 0.15) is 0 Å². The van der Waals surface area contributed by atoms with Gasteiger partial charge in [0.15, 0.2) is 0 Å². The van der Waals surface area contributed by atoms with E-state index < -0.39 is 0 Å². The van der Waals surface area contributed by atoms with Gasteiger partial charge in [0.1, 0.15) is 5.69 Å². The van der Waals surface area contributed by atoms with Crippen molar-refractivity contribution in [3.8, 4) is 0 Å². The third kappa shape index (κ3) is 4.41. The molecule has 178 valence electrons. The number of nitrogens with zero attached hydrogens (tertiary/aromatic N) is 3. The fourth-order valence-electron chi connectivity index (χ4n) is 4.79. The van der Waals surface area contributed by atoms with Gasteiger partial charge in [-0.3, -0.25) is 0 Å². The summed E-state index contributed by atoms with van der Waals surface area (Å²) in [6.07, 6.45) is 0. The molecule has 0 unspecified atom stereocenters. The van der Waals surface area contributed by atoms with Gasteiger partial charge in [0.25, 0.3) is 0 Å². The van der Waals surface area contributed by atoms with Crippen LogP contribution in [0.25, 0.3) is 21.5 Å². The minimum absolute atomic E-state index is 0.425. The molecule has 0 aromatic heterocycles. The normalized spacial score (nSPS) is 10.9. The molecule has 4 nitrogen and oxygen atoms in total. The SMILES string of the molecule is CN(c1ccc(N=O)cc1)c1ccc(N(c2ccc3ccccc3c2)c2ccc3ccccc3c2)cc1. The van der Waals surface area contributed by atoms with Crippen LogP contribution in [0.3, 0.4) is 0 Å². The molecule has 6 aromatic rings. The Balaban J connectivity index is 1.42. The molecular formula is C33H25N3O. The third-order valence-electron chi connectivity index (χ3n) is 6.82. The van der Waals surface area contributed by atoms with Crippen LogP contribution >= 0.6 is 0 Å². The smallest absolute Gasteiger partial charge is 0.108 e. The van der Waals surface area contributed by atoms with Gasteiger partial charge in [-0.2, -0.15) is 0 Å². The fourth-order valence-corrected chi connectivity index (χ4v) is 4.79. The molecule has 0 saturated heterocycles. The van der Waals surface area contributed by atoms with E-state index in [1.807, 2.05) is 19.2 Å².